The van der Waals surface area contributed by atoms with Crippen LogP contribution in [0.1, 0.15) is 93.5 Å². The van der Waals surface area contributed by atoms with Crippen LogP contribution in [0.2, 0.25) is 0 Å². The van der Waals surface area contributed by atoms with Crippen molar-refractivity contribution in [3.8, 4) is 0 Å². The minimum Gasteiger partial charge on any atom is -0.350 e. The number of rotatable bonds is 4. The Balaban J connectivity index is 2.44. The van der Waals surface area contributed by atoms with Crippen LogP contribution in [0.4, 0.5) is 0 Å². The van der Waals surface area contributed by atoms with Gasteiger partial charge in [-0.25, -0.2) is 0 Å². The molecule has 0 saturated heterocycles. The van der Waals surface area contributed by atoms with E-state index in [1.807, 2.05) is 34.6 Å². The standard InChI is InChI=1S/C21H33N3O3/c1-14(2)24-12-16(19(26)22-21(3,4)5)18(25)17(13-24)20(27)23(6)15-10-8-7-9-11-15/h12-15H,7-11H2,1-6H3,(H,22,26). The molecule has 0 aliphatic heterocycles. The number of aromatic nitrogens is 1. The summed E-state index contributed by atoms with van der Waals surface area (Å²) in [6.45, 7) is 9.48. The van der Waals surface area contributed by atoms with E-state index < -0.39 is 16.9 Å². The number of hydrogen-bond acceptors (Lipinski definition) is 3. The van der Waals surface area contributed by atoms with Gasteiger partial charge in [0.25, 0.3) is 11.8 Å². The van der Waals surface area contributed by atoms with E-state index in [-0.39, 0.29) is 29.1 Å². The summed E-state index contributed by atoms with van der Waals surface area (Å²) < 4.78 is 1.76. The van der Waals surface area contributed by atoms with Crippen LogP contribution in [0.5, 0.6) is 0 Å². The van der Waals surface area contributed by atoms with Crippen molar-refractivity contribution in [2.45, 2.75) is 84.3 Å². The highest BCUT2D eigenvalue weighted by Gasteiger charge is 2.28. The third-order valence-electron chi connectivity index (χ3n) is 5.05. The fourth-order valence-corrected chi connectivity index (χ4v) is 3.44. The fourth-order valence-electron chi connectivity index (χ4n) is 3.44. The van der Waals surface area contributed by atoms with Gasteiger partial charge in [-0.1, -0.05) is 19.3 Å². The molecule has 1 aromatic rings. The summed E-state index contributed by atoms with van der Waals surface area (Å²) in [4.78, 5) is 40.4. The van der Waals surface area contributed by atoms with Crippen LogP contribution in [0.25, 0.3) is 0 Å². The molecule has 2 rings (SSSR count). The molecule has 6 heteroatoms. The van der Waals surface area contributed by atoms with Gasteiger partial charge in [-0.2, -0.15) is 0 Å². The molecule has 2 amide bonds. The van der Waals surface area contributed by atoms with Crippen LogP contribution >= 0.6 is 0 Å². The Kier molecular flexibility index (Phi) is 6.50. The van der Waals surface area contributed by atoms with Crippen LogP contribution < -0.4 is 10.7 Å². The van der Waals surface area contributed by atoms with Gasteiger partial charge in [0.05, 0.1) is 0 Å². The highest BCUT2D eigenvalue weighted by Crippen LogP contribution is 2.22. The molecule has 0 radical (unpaired) electrons. The van der Waals surface area contributed by atoms with E-state index in [1.54, 1.807) is 28.9 Å². The SMILES string of the molecule is CC(C)n1cc(C(=O)NC(C)(C)C)c(=O)c(C(=O)N(C)C2CCCCC2)c1. The van der Waals surface area contributed by atoms with Crippen LogP contribution in [0.3, 0.4) is 0 Å². The predicted molar refractivity (Wildman–Crippen MR) is 107 cm³/mol. The molecule has 0 bridgehead atoms. The topological polar surface area (TPSA) is 71.4 Å². The number of carbonyl (C=O) groups is 2. The first-order chi connectivity index (χ1) is 12.5. The molecule has 27 heavy (non-hydrogen) atoms. The lowest BCUT2D eigenvalue weighted by Gasteiger charge is -2.31. The Bertz CT molecular complexity index is 753. The van der Waals surface area contributed by atoms with Gasteiger partial charge in [-0.05, 0) is 47.5 Å². The van der Waals surface area contributed by atoms with E-state index in [9.17, 15) is 14.4 Å². The Morgan fingerprint density at radius 3 is 2.19 bits per heavy atom. The highest BCUT2D eigenvalue weighted by atomic mass is 16.2. The van der Waals surface area contributed by atoms with Crippen molar-refractivity contribution in [1.82, 2.24) is 14.8 Å². The number of nitrogens with zero attached hydrogens (tertiary/aromatic N) is 2. The first-order valence-electron chi connectivity index (χ1n) is 9.86. The van der Waals surface area contributed by atoms with E-state index >= 15 is 0 Å². The number of carbonyl (C=O) groups excluding carboxylic acids is 2. The predicted octanol–water partition coefficient (Wildman–Crippen LogP) is 3.36. The van der Waals surface area contributed by atoms with Gasteiger partial charge in [-0.3, -0.25) is 14.4 Å². The van der Waals surface area contributed by atoms with Gasteiger partial charge in [0.1, 0.15) is 11.1 Å². The van der Waals surface area contributed by atoms with Crippen molar-refractivity contribution in [2.75, 3.05) is 7.05 Å². The minimum atomic E-state index is -0.499. The molecule has 0 atom stereocenters. The van der Waals surface area contributed by atoms with E-state index in [0.29, 0.717) is 0 Å². The van der Waals surface area contributed by atoms with Crippen molar-refractivity contribution in [1.29, 1.82) is 0 Å². The quantitative estimate of drug-likeness (QED) is 0.877. The second-order valence-corrected chi connectivity index (χ2v) is 8.87. The Labute approximate surface area is 161 Å². The Hall–Kier alpha value is -2.11. The number of hydrogen-bond donors (Lipinski definition) is 1. The summed E-state index contributed by atoms with van der Waals surface area (Å²) in [5.41, 5.74) is -0.883. The lowest BCUT2D eigenvalue weighted by atomic mass is 9.94. The Morgan fingerprint density at radius 1 is 1.11 bits per heavy atom. The number of nitrogens with one attached hydrogen (secondary N) is 1. The minimum absolute atomic E-state index is 0.0153. The van der Waals surface area contributed by atoms with Gasteiger partial charge < -0.3 is 14.8 Å². The summed E-state index contributed by atoms with van der Waals surface area (Å²) in [7, 11) is 1.76. The molecule has 1 aliphatic carbocycles. The molecule has 0 aromatic carbocycles. The second-order valence-electron chi connectivity index (χ2n) is 8.87. The molecule has 6 nitrogen and oxygen atoms in total. The monoisotopic (exact) mass is 375 g/mol. The van der Waals surface area contributed by atoms with Crippen molar-refractivity contribution in [3.63, 3.8) is 0 Å². The largest absolute Gasteiger partial charge is 0.350 e. The maximum atomic E-state index is 13.1. The molecule has 150 valence electrons. The molecular weight excluding hydrogens is 342 g/mol. The summed E-state index contributed by atoms with van der Waals surface area (Å²) in [6, 6.07) is 0.184. The summed E-state index contributed by atoms with van der Waals surface area (Å²) in [5, 5.41) is 2.82. The molecular formula is C21H33N3O3. The molecule has 1 fully saturated rings. The van der Waals surface area contributed by atoms with Crippen molar-refractivity contribution < 1.29 is 9.59 Å². The van der Waals surface area contributed by atoms with Crippen LogP contribution in [-0.4, -0.2) is 39.9 Å². The van der Waals surface area contributed by atoms with Gasteiger partial charge >= 0.3 is 0 Å². The molecule has 1 N–H and O–H groups in total. The zero-order chi connectivity index (χ0) is 20.4. The zero-order valence-corrected chi connectivity index (χ0v) is 17.5. The Morgan fingerprint density at radius 2 is 1.67 bits per heavy atom. The van der Waals surface area contributed by atoms with E-state index in [0.717, 1.165) is 25.7 Å². The van der Waals surface area contributed by atoms with Crippen LogP contribution in [-0.2, 0) is 0 Å². The maximum absolute atomic E-state index is 13.1. The van der Waals surface area contributed by atoms with Crippen LogP contribution in [0, 0.1) is 0 Å². The third kappa shape index (κ3) is 5.21. The van der Waals surface area contributed by atoms with Crippen molar-refractivity contribution in [2.24, 2.45) is 0 Å². The van der Waals surface area contributed by atoms with Gasteiger partial charge in [0.2, 0.25) is 5.43 Å². The van der Waals surface area contributed by atoms with Gasteiger partial charge in [0, 0.05) is 37.1 Å². The molecule has 1 heterocycles. The van der Waals surface area contributed by atoms with Crippen LogP contribution in [0.15, 0.2) is 17.2 Å². The van der Waals surface area contributed by atoms with E-state index in [4.69, 9.17) is 0 Å². The smallest absolute Gasteiger partial charge is 0.259 e. The summed E-state index contributed by atoms with van der Waals surface area (Å²) in [6.07, 6.45) is 8.46. The van der Waals surface area contributed by atoms with E-state index in [1.165, 1.54) is 6.42 Å². The maximum Gasteiger partial charge on any atom is 0.259 e. The second kappa shape index (κ2) is 8.28. The summed E-state index contributed by atoms with van der Waals surface area (Å²) in [5.74, 6) is -0.747. The van der Waals surface area contributed by atoms with Crippen molar-refractivity contribution in [3.05, 3.63) is 33.7 Å². The molecule has 0 unspecified atom stereocenters. The fraction of sp³-hybridized carbons (Fsp3) is 0.667. The van der Waals surface area contributed by atoms with Crippen molar-refractivity contribution >= 4 is 11.8 Å². The lowest BCUT2D eigenvalue weighted by Crippen LogP contribution is -2.44. The average molecular weight is 376 g/mol. The lowest BCUT2D eigenvalue weighted by molar-refractivity contribution is 0.0694. The molecule has 1 aromatic heterocycles. The normalized spacial score (nSPS) is 15.7. The van der Waals surface area contributed by atoms with E-state index in [2.05, 4.69) is 5.32 Å². The highest BCUT2D eigenvalue weighted by molar-refractivity contribution is 5.99. The number of pyridine rings is 1. The van der Waals surface area contributed by atoms with Gasteiger partial charge in [0.15, 0.2) is 0 Å². The molecule has 0 spiro atoms. The zero-order valence-electron chi connectivity index (χ0n) is 17.5. The first-order valence-corrected chi connectivity index (χ1v) is 9.86. The van der Waals surface area contributed by atoms with Gasteiger partial charge in [-0.15, -0.1) is 0 Å². The first kappa shape index (κ1) is 21.2. The summed E-state index contributed by atoms with van der Waals surface area (Å²) >= 11 is 0. The average Bonchev–Trinajstić information content (AvgIpc) is 2.59. The third-order valence-corrected chi connectivity index (χ3v) is 5.05. The molecule has 1 saturated carbocycles. The molecule has 1 aliphatic rings. The number of amides is 2.